The van der Waals surface area contributed by atoms with Crippen LogP contribution in [0.2, 0.25) is 5.02 Å². The van der Waals surface area contributed by atoms with Crippen molar-refractivity contribution in [1.82, 2.24) is 15.1 Å². The highest BCUT2D eigenvalue weighted by Crippen LogP contribution is 2.21. The SMILES string of the molecule is Cn1nccc1CCNC(=O)c1ccc(Cl)cc1O. The molecule has 0 spiro atoms. The molecule has 0 saturated heterocycles. The topological polar surface area (TPSA) is 67.2 Å². The fraction of sp³-hybridized carbons (Fsp3) is 0.231. The molecule has 0 atom stereocenters. The van der Waals surface area contributed by atoms with Crippen LogP contribution in [0, 0.1) is 0 Å². The lowest BCUT2D eigenvalue weighted by molar-refractivity contribution is 0.0951. The van der Waals surface area contributed by atoms with Gasteiger partial charge < -0.3 is 10.4 Å². The van der Waals surface area contributed by atoms with Crippen molar-refractivity contribution in [2.24, 2.45) is 7.05 Å². The van der Waals surface area contributed by atoms with Crippen LogP contribution in [0.15, 0.2) is 30.5 Å². The number of nitrogens with one attached hydrogen (secondary N) is 1. The summed E-state index contributed by atoms with van der Waals surface area (Å²) in [4.78, 5) is 11.9. The number of benzene rings is 1. The van der Waals surface area contributed by atoms with Crippen LogP contribution in [0.5, 0.6) is 5.75 Å². The number of hydrogen-bond donors (Lipinski definition) is 2. The fourth-order valence-corrected chi connectivity index (χ4v) is 1.91. The lowest BCUT2D eigenvalue weighted by Gasteiger charge is -2.07. The number of phenolic OH excluding ortho intramolecular Hbond substituents is 1. The molecule has 0 radical (unpaired) electrons. The summed E-state index contributed by atoms with van der Waals surface area (Å²) in [5.41, 5.74) is 1.25. The number of carbonyl (C=O) groups is 1. The van der Waals surface area contributed by atoms with Gasteiger partial charge >= 0.3 is 0 Å². The fourth-order valence-electron chi connectivity index (χ4n) is 1.74. The second-order valence-electron chi connectivity index (χ2n) is 4.11. The van der Waals surface area contributed by atoms with Gasteiger partial charge in [-0.05, 0) is 24.3 Å². The first-order valence-electron chi connectivity index (χ1n) is 5.81. The minimum Gasteiger partial charge on any atom is -0.507 e. The molecule has 0 aliphatic rings. The predicted molar refractivity (Wildman–Crippen MR) is 72.4 cm³/mol. The molecule has 0 unspecified atom stereocenters. The van der Waals surface area contributed by atoms with Gasteiger partial charge in [0, 0.05) is 36.9 Å². The van der Waals surface area contributed by atoms with E-state index >= 15 is 0 Å². The van der Waals surface area contributed by atoms with E-state index in [-0.39, 0.29) is 17.2 Å². The van der Waals surface area contributed by atoms with Crippen LogP contribution in [0.3, 0.4) is 0 Å². The van der Waals surface area contributed by atoms with Gasteiger partial charge in [0.2, 0.25) is 0 Å². The smallest absolute Gasteiger partial charge is 0.255 e. The molecule has 6 heteroatoms. The molecule has 0 fully saturated rings. The summed E-state index contributed by atoms with van der Waals surface area (Å²) in [6, 6.07) is 6.30. The predicted octanol–water partition coefficient (Wildman–Crippen LogP) is 1.75. The normalized spacial score (nSPS) is 10.4. The van der Waals surface area contributed by atoms with Crippen LogP contribution in [-0.2, 0) is 13.5 Å². The number of carbonyl (C=O) groups excluding carboxylic acids is 1. The van der Waals surface area contributed by atoms with Crippen LogP contribution in [0.1, 0.15) is 16.1 Å². The molecule has 1 amide bonds. The minimum atomic E-state index is -0.323. The maximum atomic E-state index is 11.9. The first-order valence-corrected chi connectivity index (χ1v) is 6.19. The zero-order valence-corrected chi connectivity index (χ0v) is 11.2. The average molecular weight is 280 g/mol. The number of aromatic nitrogens is 2. The number of hydrogen-bond acceptors (Lipinski definition) is 3. The van der Waals surface area contributed by atoms with Gasteiger partial charge in [0.25, 0.3) is 5.91 Å². The lowest BCUT2D eigenvalue weighted by atomic mass is 10.2. The van der Waals surface area contributed by atoms with E-state index in [0.717, 1.165) is 5.69 Å². The van der Waals surface area contributed by atoms with Crippen molar-refractivity contribution >= 4 is 17.5 Å². The van der Waals surface area contributed by atoms with Gasteiger partial charge in [-0.3, -0.25) is 9.48 Å². The molecule has 0 aliphatic heterocycles. The number of nitrogens with zero attached hydrogens (tertiary/aromatic N) is 2. The summed E-state index contributed by atoms with van der Waals surface area (Å²) in [7, 11) is 1.85. The van der Waals surface area contributed by atoms with E-state index in [2.05, 4.69) is 10.4 Å². The molecule has 2 rings (SSSR count). The number of rotatable bonds is 4. The Bertz CT molecular complexity index is 595. The van der Waals surface area contributed by atoms with Gasteiger partial charge in [-0.15, -0.1) is 0 Å². The molecule has 100 valence electrons. The first kappa shape index (κ1) is 13.4. The molecule has 1 aromatic heterocycles. The standard InChI is InChI=1S/C13H14ClN3O2/c1-17-10(5-7-16-17)4-6-15-13(19)11-3-2-9(14)8-12(11)18/h2-3,5,7-8,18H,4,6H2,1H3,(H,15,19). The Hall–Kier alpha value is -2.01. The third-order valence-corrected chi connectivity index (χ3v) is 3.03. The molecule has 0 saturated carbocycles. The summed E-state index contributed by atoms with van der Waals surface area (Å²) in [6.45, 7) is 0.473. The largest absolute Gasteiger partial charge is 0.507 e. The monoisotopic (exact) mass is 279 g/mol. The maximum absolute atomic E-state index is 11.9. The van der Waals surface area contributed by atoms with Crippen molar-refractivity contribution in [2.45, 2.75) is 6.42 Å². The van der Waals surface area contributed by atoms with E-state index in [9.17, 15) is 9.90 Å². The lowest BCUT2D eigenvalue weighted by Crippen LogP contribution is -2.26. The Balaban J connectivity index is 1.93. The third-order valence-electron chi connectivity index (χ3n) is 2.79. The second kappa shape index (κ2) is 5.75. The Morgan fingerprint density at radius 1 is 1.47 bits per heavy atom. The summed E-state index contributed by atoms with van der Waals surface area (Å²) in [5, 5.41) is 16.8. The van der Waals surface area contributed by atoms with E-state index < -0.39 is 0 Å². The van der Waals surface area contributed by atoms with Crippen molar-refractivity contribution in [2.75, 3.05) is 6.54 Å². The quantitative estimate of drug-likeness (QED) is 0.896. The van der Waals surface area contributed by atoms with Gasteiger partial charge in [-0.25, -0.2) is 0 Å². The first-order chi connectivity index (χ1) is 9.08. The second-order valence-corrected chi connectivity index (χ2v) is 4.55. The van der Waals surface area contributed by atoms with E-state index in [1.54, 1.807) is 16.9 Å². The van der Waals surface area contributed by atoms with Crippen LogP contribution in [0.25, 0.3) is 0 Å². The van der Waals surface area contributed by atoms with Crippen molar-refractivity contribution in [3.8, 4) is 5.75 Å². The molecular formula is C13H14ClN3O2. The Morgan fingerprint density at radius 2 is 2.26 bits per heavy atom. The van der Waals surface area contributed by atoms with Gasteiger partial charge in [-0.2, -0.15) is 5.10 Å². The molecule has 5 nitrogen and oxygen atoms in total. The molecule has 1 heterocycles. The van der Waals surface area contributed by atoms with E-state index in [4.69, 9.17) is 11.6 Å². The van der Waals surface area contributed by atoms with Crippen LogP contribution < -0.4 is 5.32 Å². The molecule has 2 N–H and O–H groups in total. The van der Waals surface area contributed by atoms with E-state index in [1.165, 1.54) is 12.1 Å². The number of aromatic hydroxyl groups is 1. The number of amides is 1. The Labute approximate surface area is 115 Å². The van der Waals surface area contributed by atoms with Crippen molar-refractivity contribution in [3.63, 3.8) is 0 Å². The van der Waals surface area contributed by atoms with Crippen molar-refractivity contribution in [3.05, 3.63) is 46.7 Å². The number of aryl methyl sites for hydroxylation is 1. The Kier molecular flexibility index (Phi) is 4.06. The summed E-state index contributed by atoms with van der Waals surface area (Å²) in [5.74, 6) is -0.443. The van der Waals surface area contributed by atoms with Gasteiger partial charge in [0.1, 0.15) is 5.75 Å². The van der Waals surface area contributed by atoms with E-state index in [1.807, 2.05) is 13.1 Å². The van der Waals surface area contributed by atoms with Crippen molar-refractivity contribution in [1.29, 1.82) is 0 Å². The highest BCUT2D eigenvalue weighted by atomic mass is 35.5. The van der Waals surface area contributed by atoms with Gasteiger partial charge in [-0.1, -0.05) is 11.6 Å². The van der Waals surface area contributed by atoms with Crippen LogP contribution in [0.4, 0.5) is 0 Å². The molecule has 1 aromatic carbocycles. The highest BCUT2D eigenvalue weighted by molar-refractivity contribution is 6.30. The maximum Gasteiger partial charge on any atom is 0.255 e. The summed E-state index contributed by atoms with van der Waals surface area (Å²) in [6.07, 6.45) is 2.39. The zero-order chi connectivity index (χ0) is 13.8. The highest BCUT2D eigenvalue weighted by Gasteiger charge is 2.11. The average Bonchev–Trinajstić information content (AvgIpc) is 2.75. The van der Waals surface area contributed by atoms with Crippen molar-refractivity contribution < 1.29 is 9.90 Å². The molecular weight excluding hydrogens is 266 g/mol. The van der Waals surface area contributed by atoms with Gasteiger partial charge in [0.15, 0.2) is 0 Å². The number of halogens is 1. The zero-order valence-electron chi connectivity index (χ0n) is 10.4. The van der Waals surface area contributed by atoms with Crippen LogP contribution in [-0.4, -0.2) is 27.3 Å². The molecule has 0 aliphatic carbocycles. The number of phenols is 1. The van der Waals surface area contributed by atoms with Gasteiger partial charge in [0.05, 0.1) is 5.56 Å². The molecule has 0 bridgehead atoms. The minimum absolute atomic E-state index is 0.120. The van der Waals surface area contributed by atoms with Crippen LogP contribution >= 0.6 is 11.6 Å². The van der Waals surface area contributed by atoms with E-state index in [0.29, 0.717) is 18.0 Å². The third kappa shape index (κ3) is 3.26. The summed E-state index contributed by atoms with van der Waals surface area (Å²) >= 11 is 5.71. The molecule has 19 heavy (non-hydrogen) atoms. The summed E-state index contributed by atoms with van der Waals surface area (Å²) < 4.78 is 1.76. The Morgan fingerprint density at radius 3 is 2.89 bits per heavy atom. The molecule has 2 aromatic rings.